The van der Waals surface area contributed by atoms with E-state index < -0.39 is 0 Å². The lowest BCUT2D eigenvalue weighted by Crippen LogP contribution is -2.25. The van der Waals surface area contributed by atoms with Gasteiger partial charge in [0.1, 0.15) is 0 Å². The van der Waals surface area contributed by atoms with Gasteiger partial charge in [-0.15, -0.1) is 11.3 Å². The molecule has 98 valence electrons. The summed E-state index contributed by atoms with van der Waals surface area (Å²) in [6, 6.07) is 4.69. The third-order valence-corrected chi connectivity index (χ3v) is 4.80. The fourth-order valence-electron chi connectivity index (χ4n) is 1.94. The van der Waals surface area contributed by atoms with E-state index in [2.05, 4.69) is 47.9 Å². The van der Waals surface area contributed by atoms with Gasteiger partial charge in [-0.1, -0.05) is 6.92 Å². The second kappa shape index (κ2) is 6.55. The van der Waals surface area contributed by atoms with Gasteiger partial charge in [-0.2, -0.15) is 11.8 Å². The normalized spacial score (nSPS) is 14.8. The lowest BCUT2D eigenvalue weighted by atomic mass is 10.1. The highest BCUT2D eigenvalue weighted by Gasteiger charge is 2.09. The van der Waals surface area contributed by atoms with Gasteiger partial charge in [0.15, 0.2) is 0 Å². The number of rotatable bonds is 6. The van der Waals surface area contributed by atoms with E-state index in [0.717, 1.165) is 12.1 Å². The minimum Gasteiger partial charge on any atom is -0.310 e. The van der Waals surface area contributed by atoms with Crippen LogP contribution in [0.1, 0.15) is 25.5 Å². The van der Waals surface area contributed by atoms with Crippen LogP contribution >= 0.6 is 23.1 Å². The minimum atomic E-state index is 0.369. The molecule has 0 radical (unpaired) electrons. The van der Waals surface area contributed by atoms with E-state index in [1.165, 1.54) is 16.0 Å². The number of thiophene rings is 1. The summed E-state index contributed by atoms with van der Waals surface area (Å²) in [4.78, 5) is 4.49. The van der Waals surface area contributed by atoms with Gasteiger partial charge in [0.2, 0.25) is 0 Å². The number of hydrogen-bond acceptors (Lipinski definition) is 4. The Morgan fingerprint density at radius 3 is 3.06 bits per heavy atom. The molecule has 2 aromatic heterocycles. The lowest BCUT2D eigenvalue weighted by Gasteiger charge is -2.17. The van der Waals surface area contributed by atoms with Crippen molar-refractivity contribution in [2.75, 3.05) is 18.6 Å². The highest BCUT2D eigenvalue weighted by molar-refractivity contribution is 7.98. The van der Waals surface area contributed by atoms with Gasteiger partial charge in [-0.25, -0.2) is 0 Å². The van der Waals surface area contributed by atoms with Crippen LogP contribution in [0.3, 0.4) is 0 Å². The summed E-state index contributed by atoms with van der Waals surface area (Å²) >= 11 is 3.67. The van der Waals surface area contributed by atoms with E-state index >= 15 is 0 Å². The van der Waals surface area contributed by atoms with Crippen molar-refractivity contribution < 1.29 is 0 Å². The average Bonchev–Trinajstić information content (AvgIpc) is 2.83. The van der Waals surface area contributed by atoms with E-state index in [1.54, 1.807) is 11.3 Å². The molecule has 0 amide bonds. The second-order valence-corrected chi connectivity index (χ2v) is 6.62. The smallest absolute Gasteiger partial charge is 0.0809 e. The maximum atomic E-state index is 4.49. The number of pyridine rings is 1. The molecule has 1 N–H and O–H groups in total. The standard InChI is InChI=1S/C14H20N2S2/c1-10(9-17-3)7-15-11(2)12-6-14-13(16-8-12)4-5-18-14/h4-6,8,10-11,15H,7,9H2,1-3H3. The molecule has 0 aliphatic heterocycles. The largest absolute Gasteiger partial charge is 0.310 e. The molecule has 0 aliphatic rings. The van der Waals surface area contributed by atoms with E-state index in [4.69, 9.17) is 0 Å². The van der Waals surface area contributed by atoms with Crippen LogP contribution in [-0.2, 0) is 0 Å². The molecule has 0 saturated carbocycles. The zero-order valence-electron chi connectivity index (χ0n) is 11.1. The second-order valence-electron chi connectivity index (χ2n) is 4.76. The summed E-state index contributed by atoms with van der Waals surface area (Å²) in [6.07, 6.45) is 4.15. The lowest BCUT2D eigenvalue weighted by molar-refractivity contribution is 0.500. The molecule has 18 heavy (non-hydrogen) atoms. The van der Waals surface area contributed by atoms with Crippen molar-refractivity contribution in [1.82, 2.24) is 10.3 Å². The minimum absolute atomic E-state index is 0.369. The molecule has 0 aromatic carbocycles. The highest BCUT2D eigenvalue weighted by atomic mass is 32.2. The molecule has 4 heteroatoms. The molecule has 2 heterocycles. The number of thioether (sulfide) groups is 1. The third kappa shape index (κ3) is 3.46. The van der Waals surface area contributed by atoms with Crippen LogP contribution < -0.4 is 5.32 Å². The fourth-order valence-corrected chi connectivity index (χ4v) is 3.41. The first-order valence-electron chi connectivity index (χ1n) is 6.26. The molecule has 2 atom stereocenters. The molecule has 0 saturated heterocycles. The van der Waals surface area contributed by atoms with Crippen LogP contribution in [0.4, 0.5) is 0 Å². The Bertz CT molecular complexity index is 495. The summed E-state index contributed by atoms with van der Waals surface area (Å²) in [5.74, 6) is 1.92. The van der Waals surface area contributed by atoms with Crippen molar-refractivity contribution in [3.8, 4) is 0 Å². The Morgan fingerprint density at radius 2 is 2.28 bits per heavy atom. The molecule has 2 aromatic rings. The number of nitrogens with one attached hydrogen (secondary N) is 1. The van der Waals surface area contributed by atoms with Crippen LogP contribution in [0, 0.1) is 5.92 Å². The molecule has 2 nitrogen and oxygen atoms in total. The first kappa shape index (κ1) is 13.8. The van der Waals surface area contributed by atoms with E-state index in [9.17, 15) is 0 Å². The first-order valence-corrected chi connectivity index (χ1v) is 8.53. The molecular weight excluding hydrogens is 260 g/mol. The highest BCUT2D eigenvalue weighted by Crippen LogP contribution is 2.22. The monoisotopic (exact) mass is 280 g/mol. The SMILES string of the molecule is CSCC(C)CNC(C)c1cnc2ccsc2c1. The van der Waals surface area contributed by atoms with Crippen molar-refractivity contribution >= 4 is 33.3 Å². The molecule has 0 aliphatic carbocycles. The summed E-state index contributed by atoms with van der Waals surface area (Å²) in [5, 5.41) is 5.69. The first-order chi connectivity index (χ1) is 8.70. The Labute approximate surface area is 117 Å². The molecule has 0 fully saturated rings. The topological polar surface area (TPSA) is 24.9 Å². The van der Waals surface area contributed by atoms with Crippen molar-refractivity contribution in [3.05, 3.63) is 29.3 Å². The Balaban J connectivity index is 1.97. The van der Waals surface area contributed by atoms with Crippen LogP contribution in [0.15, 0.2) is 23.7 Å². The predicted molar refractivity (Wildman–Crippen MR) is 83.6 cm³/mol. The van der Waals surface area contributed by atoms with Gasteiger partial charge in [-0.05, 0) is 54.5 Å². The van der Waals surface area contributed by atoms with Gasteiger partial charge in [0.05, 0.1) is 10.2 Å². The maximum Gasteiger partial charge on any atom is 0.0809 e. The van der Waals surface area contributed by atoms with Gasteiger partial charge >= 0.3 is 0 Å². The Hall–Kier alpha value is -0.580. The van der Waals surface area contributed by atoms with Crippen LogP contribution in [-0.4, -0.2) is 23.5 Å². The third-order valence-electron chi connectivity index (χ3n) is 3.05. The zero-order valence-corrected chi connectivity index (χ0v) is 12.8. The van der Waals surface area contributed by atoms with Crippen LogP contribution in [0.25, 0.3) is 10.2 Å². The maximum absolute atomic E-state index is 4.49. The molecule has 0 spiro atoms. The van der Waals surface area contributed by atoms with E-state index in [-0.39, 0.29) is 0 Å². The summed E-state index contributed by atoms with van der Waals surface area (Å²) in [6.45, 7) is 5.56. The summed E-state index contributed by atoms with van der Waals surface area (Å²) in [5.41, 5.74) is 2.38. The van der Waals surface area contributed by atoms with Crippen molar-refractivity contribution in [2.24, 2.45) is 5.92 Å². The van der Waals surface area contributed by atoms with Crippen LogP contribution in [0.2, 0.25) is 0 Å². The van der Waals surface area contributed by atoms with Crippen LogP contribution in [0.5, 0.6) is 0 Å². The number of aromatic nitrogens is 1. The van der Waals surface area contributed by atoms with Gasteiger partial charge in [0, 0.05) is 12.2 Å². The average molecular weight is 280 g/mol. The van der Waals surface area contributed by atoms with Crippen molar-refractivity contribution in [2.45, 2.75) is 19.9 Å². The molecule has 2 rings (SSSR count). The van der Waals surface area contributed by atoms with E-state index in [0.29, 0.717) is 12.0 Å². The fraction of sp³-hybridized carbons (Fsp3) is 0.500. The van der Waals surface area contributed by atoms with Crippen molar-refractivity contribution in [3.63, 3.8) is 0 Å². The Kier molecular flexibility index (Phi) is 5.03. The molecule has 0 bridgehead atoms. The van der Waals surface area contributed by atoms with E-state index in [1.807, 2.05) is 18.0 Å². The summed E-state index contributed by atoms with van der Waals surface area (Å²) < 4.78 is 1.28. The van der Waals surface area contributed by atoms with Gasteiger partial charge in [0.25, 0.3) is 0 Å². The molecule has 2 unspecified atom stereocenters. The number of nitrogens with zero attached hydrogens (tertiary/aromatic N) is 1. The summed E-state index contributed by atoms with van der Waals surface area (Å²) in [7, 11) is 0. The zero-order chi connectivity index (χ0) is 13.0. The number of fused-ring (bicyclic) bond motifs is 1. The van der Waals surface area contributed by atoms with Gasteiger partial charge < -0.3 is 5.32 Å². The predicted octanol–water partition coefficient (Wildman–Crippen LogP) is 3.95. The van der Waals surface area contributed by atoms with Gasteiger partial charge in [-0.3, -0.25) is 4.98 Å². The quantitative estimate of drug-likeness (QED) is 0.867. The number of hydrogen-bond donors (Lipinski definition) is 1. The Morgan fingerprint density at radius 1 is 1.44 bits per heavy atom. The molecular formula is C14H20N2S2. The van der Waals surface area contributed by atoms with Crippen molar-refractivity contribution in [1.29, 1.82) is 0 Å².